The minimum absolute atomic E-state index is 0.00142. The first-order valence-corrected chi connectivity index (χ1v) is 7.76. The van der Waals surface area contributed by atoms with E-state index in [-0.39, 0.29) is 6.03 Å². The van der Waals surface area contributed by atoms with Crippen molar-refractivity contribution < 1.29 is 4.79 Å². The van der Waals surface area contributed by atoms with Gasteiger partial charge in [-0.05, 0) is 21.9 Å². The van der Waals surface area contributed by atoms with E-state index in [4.69, 9.17) is 0 Å². The molecule has 0 aliphatic carbocycles. The summed E-state index contributed by atoms with van der Waals surface area (Å²) in [4.78, 5) is 13.4. The van der Waals surface area contributed by atoms with Crippen LogP contribution in [-0.2, 0) is 6.54 Å². The molecule has 1 saturated heterocycles. The van der Waals surface area contributed by atoms with E-state index < -0.39 is 0 Å². The molecule has 7 heteroatoms. The fraction of sp³-hybridized carbons (Fsp3) is 0.176. The summed E-state index contributed by atoms with van der Waals surface area (Å²) in [6.07, 6.45) is 0. The smallest absolute Gasteiger partial charge is 0.317 e. The van der Waals surface area contributed by atoms with Crippen LogP contribution in [0.1, 0.15) is 5.56 Å². The van der Waals surface area contributed by atoms with E-state index in [0.29, 0.717) is 12.4 Å². The Balaban J connectivity index is 1.61. The molecule has 0 saturated carbocycles. The van der Waals surface area contributed by atoms with Gasteiger partial charge in [0.2, 0.25) is 5.82 Å². The summed E-state index contributed by atoms with van der Waals surface area (Å²) < 4.78 is 0. The van der Waals surface area contributed by atoms with Crippen molar-refractivity contribution in [3.8, 4) is 22.5 Å². The monoisotopic (exact) mass is 320 g/mol. The number of tetrazole rings is 1. The second-order valence-corrected chi connectivity index (χ2v) is 5.63. The first-order valence-electron chi connectivity index (χ1n) is 7.76. The molecule has 0 spiro atoms. The third kappa shape index (κ3) is 2.71. The minimum Gasteiger partial charge on any atom is -0.336 e. The number of aromatic amines is 1. The lowest BCUT2D eigenvalue weighted by Gasteiger charge is -2.14. The fourth-order valence-electron chi connectivity index (χ4n) is 2.88. The Morgan fingerprint density at radius 2 is 1.83 bits per heavy atom. The van der Waals surface area contributed by atoms with Crippen molar-refractivity contribution in [1.82, 2.24) is 30.8 Å². The van der Waals surface area contributed by atoms with Crippen LogP contribution >= 0.6 is 0 Å². The normalized spacial score (nSPS) is 14.0. The van der Waals surface area contributed by atoms with Crippen LogP contribution in [0.15, 0.2) is 48.5 Å². The largest absolute Gasteiger partial charge is 0.336 e. The molecule has 3 aromatic rings. The first-order chi connectivity index (χ1) is 11.8. The third-order valence-corrected chi connectivity index (χ3v) is 4.10. The topological polar surface area (TPSA) is 86.8 Å². The highest BCUT2D eigenvalue weighted by Crippen LogP contribution is 2.29. The van der Waals surface area contributed by atoms with Gasteiger partial charge in [0.25, 0.3) is 0 Å². The van der Waals surface area contributed by atoms with Crippen LogP contribution in [0.4, 0.5) is 4.79 Å². The number of benzene rings is 2. The summed E-state index contributed by atoms with van der Waals surface area (Å²) in [5.74, 6) is 0.573. The molecule has 1 aromatic heterocycles. The molecule has 120 valence electrons. The number of nitrogens with zero attached hydrogens (tertiary/aromatic N) is 4. The van der Waals surface area contributed by atoms with Crippen molar-refractivity contribution in [1.29, 1.82) is 0 Å². The van der Waals surface area contributed by atoms with Crippen molar-refractivity contribution in [3.05, 3.63) is 54.1 Å². The lowest BCUT2D eigenvalue weighted by molar-refractivity contribution is 0.215. The lowest BCUT2D eigenvalue weighted by Crippen LogP contribution is -2.27. The summed E-state index contributed by atoms with van der Waals surface area (Å²) >= 11 is 0. The van der Waals surface area contributed by atoms with Crippen molar-refractivity contribution in [3.63, 3.8) is 0 Å². The van der Waals surface area contributed by atoms with Crippen molar-refractivity contribution in [2.45, 2.75) is 6.54 Å². The van der Waals surface area contributed by atoms with Crippen LogP contribution in [-0.4, -0.2) is 44.6 Å². The molecular weight excluding hydrogens is 304 g/mol. The number of amides is 2. The Morgan fingerprint density at radius 1 is 1.04 bits per heavy atom. The minimum atomic E-state index is 0.00142. The molecule has 2 aromatic carbocycles. The zero-order valence-electron chi connectivity index (χ0n) is 12.9. The number of nitrogens with one attached hydrogen (secondary N) is 2. The summed E-state index contributed by atoms with van der Waals surface area (Å²) in [5.41, 5.74) is 4.15. The van der Waals surface area contributed by atoms with Crippen molar-refractivity contribution in [2.75, 3.05) is 13.1 Å². The number of hydrogen-bond acceptors (Lipinski definition) is 4. The summed E-state index contributed by atoms with van der Waals surface area (Å²) in [5, 5.41) is 17.1. The summed E-state index contributed by atoms with van der Waals surface area (Å²) in [6, 6.07) is 16.2. The Hall–Kier alpha value is -3.22. The molecule has 0 bridgehead atoms. The second kappa shape index (κ2) is 6.11. The highest BCUT2D eigenvalue weighted by Gasteiger charge is 2.19. The van der Waals surface area contributed by atoms with Gasteiger partial charge in [-0.1, -0.05) is 48.5 Å². The lowest BCUT2D eigenvalue weighted by atomic mass is 9.98. The zero-order chi connectivity index (χ0) is 16.4. The SMILES string of the molecule is O=C1NCCN1Cc1ccc(-c2ccccc2-c2nn[nH]n2)cc1. The number of urea groups is 1. The molecule has 1 aliphatic rings. The molecule has 0 atom stereocenters. The molecule has 7 nitrogen and oxygen atoms in total. The van der Waals surface area contributed by atoms with Crippen molar-refractivity contribution >= 4 is 6.03 Å². The Morgan fingerprint density at radius 3 is 2.50 bits per heavy atom. The van der Waals surface area contributed by atoms with Gasteiger partial charge in [-0.25, -0.2) is 4.79 Å². The first kappa shape index (κ1) is 14.4. The van der Waals surface area contributed by atoms with Crippen LogP contribution in [0.25, 0.3) is 22.5 Å². The third-order valence-electron chi connectivity index (χ3n) is 4.10. The van der Waals surface area contributed by atoms with Gasteiger partial charge in [-0.3, -0.25) is 0 Å². The maximum Gasteiger partial charge on any atom is 0.317 e. The van der Waals surface area contributed by atoms with E-state index in [9.17, 15) is 4.79 Å². The van der Waals surface area contributed by atoms with Gasteiger partial charge in [-0.15, -0.1) is 10.2 Å². The van der Waals surface area contributed by atoms with E-state index in [1.807, 2.05) is 41.3 Å². The Kier molecular flexibility index (Phi) is 3.66. The standard InChI is InChI=1S/C17H16N6O/c24-17-18-9-10-23(17)11-12-5-7-13(8-6-12)14-3-1-2-4-15(14)16-19-21-22-20-16/h1-8H,9-11H2,(H,18,24)(H,19,20,21,22). The molecule has 2 amide bonds. The van der Waals surface area contributed by atoms with Gasteiger partial charge in [-0.2, -0.15) is 5.21 Å². The molecule has 2 N–H and O–H groups in total. The quantitative estimate of drug-likeness (QED) is 0.770. The highest BCUT2D eigenvalue weighted by molar-refractivity contribution is 5.80. The second-order valence-electron chi connectivity index (χ2n) is 5.63. The van der Waals surface area contributed by atoms with Crippen LogP contribution in [0, 0.1) is 0 Å². The predicted molar refractivity (Wildman–Crippen MR) is 88.9 cm³/mol. The van der Waals surface area contributed by atoms with Gasteiger partial charge in [0, 0.05) is 25.2 Å². The number of carbonyl (C=O) groups excluding carboxylic acids is 1. The van der Waals surface area contributed by atoms with Gasteiger partial charge >= 0.3 is 6.03 Å². The van der Waals surface area contributed by atoms with Crippen molar-refractivity contribution in [2.24, 2.45) is 0 Å². The molecular formula is C17H16N6O. The maximum atomic E-state index is 11.6. The molecule has 2 heterocycles. The average Bonchev–Trinajstić information content (AvgIpc) is 3.28. The van der Waals surface area contributed by atoms with E-state index in [1.54, 1.807) is 0 Å². The number of H-pyrrole nitrogens is 1. The van der Waals surface area contributed by atoms with Gasteiger partial charge in [0.15, 0.2) is 0 Å². The number of carbonyl (C=O) groups is 1. The number of hydrogen-bond donors (Lipinski definition) is 2. The zero-order valence-corrected chi connectivity index (χ0v) is 12.9. The number of rotatable bonds is 4. The molecule has 24 heavy (non-hydrogen) atoms. The molecule has 1 fully saturated rings. The van der Waals surface area contributed by atoms with Crippen LogP contribution in [0.3, 0.4) is 0 Å². The van der Waals surface area contributed by atoms with E-state index in [1.165, 1.54) is 0 Å². The molecule has 0 radical (unpaired) electrons. The van der Waals surface area contributed by atoms with Crippen LogP contribution in [0.5, 0.6) is 0 Å². The molecule has 1 aliphatic heterocycles. The average molecular weight is 320 g/mol. The Bertz CT molecular complexity index is 844. The van der Waals surface area contributed by atoms with Gasteiger partial charge in [0.1, 0.15) is 0 Å². The highest BCUT2D eigenvalue weighted by atomic mass is 16.2. The van der Waals surface area contributed by atoms with Gasteiger partial charge in [0.05, 0.1) is 0 Å². The number of aromatic nitrogens is 4. The summed E-state index contributed by atoms with van der Waals surface area (Å²) in [6.45, 7) is 2.09. The van der Waals surface area contributed by atoms with E-state index in [2.05, 4.69) is 38.1 Å². The van der Waals surface area contributed by atoms with Gasteiger partial charge < -0.3 is 10.2 Å². The van der Waals surface area contributed by atoms with E-state index >= 15 is 0 Å². The van der Waals surface area contributed by atoms with Crippen LogP contribution in [0.2, 0.25) is 0 Å². The maximum absolute atomic E-state index is 11.6. The summed E-state index contributed by atoms with van der Waals surface area (Å²) in [7, 11) is 0. The predicted octanol–water partition coefficient (Wildman–Crippen LogP) is 2.06. The van der Waals surface area contributed by atoms with Crippen LogP contribution < -0.4 is 5.32 Å². The van der Waals surface area contributed by atoms with E-state index in [0.717, 1.165) is 35.3 Å². The molecule has 4 rings (SSSR count). The Labute approximate surface area is 138 Å². The fourth-order valence-corrected chi connectivity index (χ4v) is 2.88. The molecule has 0 unspecified atom stereocenters.